The monoisotopic (exact) mass is 278 g/mol. The van der Waals surface area contributed by atoms with E-state index in [1.54, 1.807) is 19.1 Å². The molecule has 0 saturated carbocycles. The average molecular weight is 278 g/mol. The van der Waals surface area contributed by atoms with Crippen LogP contribution in [-0.4, -0.2) is 29.5 Å². The molecule has 0 aliphatic heterocycles. The number of carbonyl (C=O) groups excluding carboxylic acids is 2. The molecule has 0 aliphatic carbocycles. The molecule has 3 N–H and O–H groups in total. The van der Waals surface area contributed by atoms with Crippen molar-refractivity contribution < 1.29 is 14.7 Å². The molecule has 0 bridgehead atoms. The number of rotatable bonds is 6. The lowest BCUT2D eigenvalue weighted by molar-refractivity contribution is -0.121. The second-order valence-corrected chi connectivity index (χ2v) is 4.88. The number of phenols is 1. The first-order chi connectivity index (χ1) is 9.43. The van der Waals surface area contributed by atoms with Crippen molar-refractivity contribution in [2.24, 2.45) is 0 Å². The third-order valence-corrected chi connectivity index (χ3v) is 3.12. The number of aromatic hydroxyl groups is 1. The molecule has 2 amide bonds. The van der Waals surface area contributed by atoms with E-state index in [1.165, 1.54) is 6.07 Å². The smallest absolute Gasteiger partial charge is 0.251 e. The van der Waals surface area contributed by atoms with Crippen LogP contribution in [0.1, 0.15) is 42.6 Å². The minimum atomic E-state index is -0.246. The Labute approximate surface area is 119 Å². The molecule has 0 radical (unpaired) electrons. The molecule has 1 aromatic rings. The van der Waals surface area contributed by atoms with Gasteiger partial charge in [-0.1, -0.05) is 6.92 Å². The molecular weight excluding hydrogens is 256 g/mol. The minimum Gasteiger partial charge on any atom is -0.508 e. The fourth-order valence-corrected chi connectivity index (χ4v) is 1.64. The van der Waals surface area contributed by atoms with Crippen molar-refractivity contribution in [1.29, 1.82) is 0 Å². The predicted octanol–water partition coefficient (Wildman–Crippen LogP) is 1.74. The van der Waals surface area contributed by atoms with Gasteiger partial charge in [-0.3, -0.25) is 9.59 Å². The molecule has 0 aromatic heterocycles. The standard InChI is InChI=1S/C15H22N2O3/c1-4-11(3)17-14(19)7-8-16-15(20)12-5-6-13(18)10(2)9-12/h5-6,9,11,18H,4,7-8H2,1-3H3,(H,16,20)(H,17,19). The van der Waals surface area contributed by atoms with Gasteiger partial charge in [0, 0.05) is 24.6 Å². The fraction of sp³-hybridized carbons (Fsp3) is 0.467. The van der Waals surface area contributed by atoms with Gasteiger partial charge >= 0.3 is 0 Å². The van der Waals surface area contributed by atoms with Crippen LogP contribution in [0.15, 0.2) is 18.2 Å². The normalized spacial score (nSPS) is 11.8. The Morgan fingerprint density at radius 1 is 1.35 bits per heavy atom. The maximum absolute atomic E-state index is 11.8. The Balaban J connectivity index is 2.40. The van der Waals surface area contributed by atoms with Gasteiger partial charge in [0.2, 0.25) is 5.91 Å². The number of benzene rings is 1. The third kappa shape index (κ3) is 4.91. The van der Waals surface area contributed by atoms with Crippen molar-refractivity contribution in [3.05, 3.63) is 29.3 Å². The van der Waals surface area contributed by atoms with Crippen LogP contribution in [0.2, 0.25) is 0 Å². The highest BCUT2D eigenvalue weighted by Gasteiger charge is 2.09. The quantitative estimate of drug-likeness (QED) is 0.741. The van der Waals surface area contributed by atoms with Crippen molar-refractivity contribution in [3.63, 3.8) is 0 Å². The average Bonchev–Trinajstić information content (AvgIpc) is 2.41. The summed E-state index contributed by atoms with van der Waals surface area (Å²) >= 11 is 0. The van der Waals surface area contributed by atoms with E-state index >= 15 is 0 Å². The van der Waals surface area contributed by atoms with Crippen LogP contribution in [0.4, 0.5) is 0 Å². The van der Waals surface area contributed by atoms with Crippen molar-refractivity contribution in [1.82, 2.24) is 10.6 Å². The molecule has 0 spiro atoms. The summed E-state index contributed by atoms with van der Waals surface area (Å²) in [7, 11) is 0. The van der Waals surface area contributed by atoms with Crippen LogP contribution in [0, 0.1) is 6.92 Å². The van der Waals surface area contributed by atoms with Crippen LogP contribution in [-0.2, 0) is 4.79 Å². The van der Waals surface area contributed by atoms with Crippen LogP contribution in [0.5, 0.6) is 5.75 Å². The summed E-state index contributed by atoms with van der Waals surface area (Å²) in [6, 6.07) is 4.80. The van der Waals surface area contributed by atoms with E-state index in [0.29, 0.717) is 17.7 Å². The molecule has 1 unspecified atom stereocenters. The van der Waals surface area contributed by atoms with Gasteiger partial charge < -0.3 is 15.7 Å². The maximum Gasteiger partial charge on any atom is 0.251 e. The number of nitrogens with one attached hydrogen (secondary N) is 2. The largest absolute Gasteiger partial charge is 0.508 e. The van der Waals surface area contributed by atoms with E-state index in [9.17, 15) is 14.7 Å². The highest BCUT2D eigenvalue weighted by Crippen LogP contribution is 2.16. The number of hydrogen-bond acceptors (Lipinski definition) is 3. The maximum atomic E-state index is 11.8. The van der Waals surface area contributed by atoms with E-state index in [-0.39, 0.29) is 30.0 Å². The molecule has 0 heterocycles. The van der Waals surface area contributed by atoms with Gasteiger partial charge in [-0.2, -0.15) is 0 Å². The number of amides is 2. The number of phenolic OH excluding ortho intramolecular Hbond substituents is 1. The van der Waals surface area contributed by atoms with Gasteiger partial charge in [0.25, 0.3) is 5.91 Å². The van der Waals surface area contributed by atoms with Crippen LogP contribution < -0.4 is 10.6 Å². The zero-order chi connectivity index (χ0) is 15.1. The zero-order valence-corrected chi connectivity index (χ0v) is 12.2. The molecule has 1 aromatic carbocycles. The van der Waals surface area contributed by atoms with Gasteiger partial charge in [-0.05, 0) is 44.0 Å². The molecular formula is C15H22N2O3. The SMILES string of the molecule is CCC(C)NC(=O)CCNC(=O)c1ccc(O)c(C)c1. The summed E-state index contributed by atoms with van der Waals surface area (Å²) in [5.41, 5.74) is 1.12. The third-order valence-electron chi connectivity index (χ3n) is 3.12. The summed E-state index contributed by atoms with van der Waals surface area (Å²) < 4.78 is 0. The summed E-state index contributed by atoms with van der Waals surface area (Å²) in [6.45, 7) is 5.96. The van der Waals surface area contributed by atoms with Crippen LogP contribution in [0.3, 0.4) is 0 Å². The molecule has 110 valence electrons. The van der Waals surface area contributed by atoms with E-state index in [4.69, 9.17) is 0 Å². The fourth-order valence-electron chi connectivity index (χ4n) is 1.64. The molecule has 1 rings (SSSR count). The summed E-state index contributed by atoms with van der Waals surface area (Å²) in [4.78, 5) is 23.4. The lowest BCUT2D eigenvalue weighted by Gasteiger charge is -2.11. The second kappa shape index (κ2) is 7.53. The first-order valence-electron chi connectivity index (χ1n) is 6.81. The predicted molar refractivity (Wildman–Crippen MR) is 77.7 cm³/mol. The molecule has 20 heavy (non-hydrogen) atoms. The molecule has 5 heteroatoms. The number of carbonyl (C=O) groups is 2. The van der Waals surface area contributed by atoms with Gasteiger partial charge in [-0.15, -0.1) is 0 Å². The molecule has 5 nitrogen and oxygen atoms in total. The summed E-state index contributed by atoms with van der Waals surface area (Å²) in [6.07, 6.45) is 1.14. The Hall–Kier alpha value is -2.04. The van der Waals surface area contributed by atoms with E-state index in [0.717, 1.165) is 6.42 Å². The van der Waals surface area contributed by atoms with Gasteiger partial charge in [0.15, 0.2) is 0 Å². The van der Waals surface area contributed by atoms with E-state index in [2.05, 4.69) is 10.6 Å². The molecule has 0 saturated heterocycles. The van der Waals surface area contributed by atoms with Gasteiger partial charge in [0.1, 0.15) is 5.75 Å². The summed E-state index contributed by atoms with van der Waals surface area (Å²) in [5, 5.41) is 14.9. The summed E-state index contributed by atoms with van der Waals surface area (Å²) in [5.74, 6) is -0.152. The van der Waals surface area contributed by atoms with Crippen LogP contribution in [0.25, 0.3) is 0 Å². The second-order valence-electron chi connectivity index (χ2n) is 4.88. The Bertz CT molecular complexity index is 486. The first kappa shape index (κ1) is 16.0. The van der Waals surface area contributed by atoms with E-state index in [1.807, 2.05) is 13.8 Å². The Morgan fingerprint density at radius 2 is 2.05 bits per heavy atom. The highest BCUT2D eigenvalue weighted by atomic mass is 16.3. The molecule has 0 fully saturated rings. The van der Waals surface area contributed by atoms with Gasteiger partial charge in [0.05, 0.1) is 0 Å². The highest BCUT2D eigenvalue weighted by molar-refractivity contribution is 5.94. The first-order valence-corrected chi connectivity index (χ1v) is 6.81. The molecule has 0 aliphatic rings. The van der Waals surface area contributed by atoms with Crippen molar-refractivity contribution >= 4 is 11.8 Å². The van der Waals surface area contributed by atoms with E-state index < -0.39 is 0 Å². The number of aryl methyl sites for hydroxylation is 1. The van der Waals surface area contributed by atoms with Crippen LogP contribution >= 0.6 is 0 Å². The van der Waals surface area contributed by atoms with Crippen molar-refractivity contribution in [3.8, 4) is 5.75 Å². The Kier molecular flexibility index (Phi) is 6.03. The zero-order valence-electron chi connectivity index (χ0n) is 12.2. The van der Waals surface area contributed by atoms with Crippen molar-refractivity contribution in [2.75, 3.05) is 6.54 Å². The topological polar surface area (TPSA) is 78.4 Å². The lowest BCUT2D eigenvalue weighted by atomic mass is 10.1. The minimum absolute atomic E-state index is 0.0680. The molecule has 1 atom stereocenters. The van der Waals surface area contributed by atoms with Gasteiger partial charge in [-0.25, -0.2) is 0 Å². The Morgan fingerprint density at radius 3 is 2.65 bits per heavy atom. The van der Waals surface area contributed by atoms with Crippen molar-refractivity contribution in [2.45, 2.75) is 39.7 Å². The lowest BCUT2D eigenvalue weighted by Crippen LogP contribution is -2.35. The number of hydrogen-bond donors (Lipinski definition) is 3.